The van der Waals surface area contributed by atoms with Gasteiger partial charge in [0.05, 0.1) is 13.2 Å². The number of hydrogen-bond acceptors (Lipinski definition) is 8. The van der Waals surface area contributed by atoms with Crippen LogP contribution in [0, 0.1) is 3.57 Å². The summed E-state index contributed by atoms with van der Waals surface area (Å²) >= 11 is 2.22. The zero-order valence-corrected chi connectivity index (χ0v) is 21.0. The summed E-state index contributed by atoms with van der Waals surface area (Å²) in [6, 6.07) is 7.01. The van der Waals surface area contributed by atoms with Gasteiger partial charge in [-0.1, -0.05) is 12.1 Å². The maximum Gasteiger partial charge on any atom is 0.408 e. The first-order valence-corrected chi connectivity index (χ1v) is 11.7. The SMILES string of the molecule is COC(=O)CC[C@H](NC(=O)O[C@@H](CCC(=O)CCCc1ccc([125I])cc1)C(=O)CO)C(C)=O. The highest BCUT2D eigenvalue weighted by molar-refractivity contribution is 14.1. The minimum Gasteiger partial charge on any atom is -0.469 e. The van der Waals surface area contributed by atoms with E-state index in [1.807, 2.05) is 24.3 Å². The number of amides is 1. The summed E-state index contributed by atoms with van der Waals surface area (Å²) in [7, 11) is 1.21. The number of ether oxygens (including phenoxy) is 2. The topological polar surface area (TPSA) is 136 Å². The van der Waals surface area contributed by atoms with Gasteiger partial charge in [0.15, 0.2) is 17.7 Å². The summed E-state index contributed by atoms with van der Waals surface area (Å²) in [5.41, 5.74) is 1.13. The van der Waals surface area contributed by atoms with Crippen molar-refractivity contribution in [2.24, 2.45) is 0 Å². The Morgan fingerprint density at radius 3 is 2.27 bits per heavy atom. The number of nitrogens with one attached hydrogen (secondary N) is 1. The molecule has 2 atom stereocenters. The monoisotopic (exact) mass is 573 g/mol. The maximum atomic E-state index is 12.2. The molecule has 2 N–H and O–H groups in total. The van der Waals surface area contributed by atoms with Crippen molar-refractivity contribution in [3.05, 3.63) is 33.4 Å². The molecule has 1 aromatic carbocycles. The van der Waals surface area contributed by atoms with Crippen molar-refractivity contribution in [1.82, 2.24) is 5.32 Å². The highest BCUT2D eigenvalue weighted by atomic mass is 125. The number of halogens is 1. The summed E-state index contributed by atoms with van der Waals surface area (Å²) in [6.45, 7) is 0.394. The number of carbonyl (C=O) groups is 5. The van der Waals surface area contributed by atoms with Gasteiger partial charge in [-0.2, -0.15) is 0 Å². The lowest BCUT2D eigenvalue weighted by Gasteiger charge is -2.19. The lowest BCUT2D eigenvalue weighted by molar-refractivity contribution is -0.140. The first kappa shape index (κ1) is 28.7. The number of rotatable bonds is 15. The molecule has 0 aliphatic heterocycles. The van der Waals surface area contributed by atoms with Gasteiger partial charge in [0.1, 0.15) is 12.4 Å². The third kappa shape index (κ3) is 11.9. The van der Waals surface area contributed by atoms with Gasteiger partial charge in [-0.25, -0.2) is 4.79 Å². The molecule has 0 aliphatic rings. The van der Waals surface area contributed by atoms with Crippen molar-refractivity contribution in [1.29, 1.82) is 0 Å². The van der Waals surface area contributed by atoms with Crippen LogP contribution in [0.25, 0.3) is 0 Å². The van der Waals surface area contributed by atoms with Crippen LogP contribution in [0.5, 0.6) is 0 Å². The summed E-state index contributed by atoms with van der Waals surface area (Å²) in [4.78, 5) is 59.3. The number of benzene rings is 1. The fourth-order valence-electron chi connectivity index (χ4n) is 2.99. The number of aryl methyl sites for hydroxylation is 1. The standard InChI is InChI=1S/C23H30INO8/c1-15(27)19(11-13-22(30)32-2)25-23(31)33-21(20(29)14-26)12-10-18(28)5-3-4-16-6-8-17(24)9-7-16/h6-9,19,21,26H,3-5,10-14H2,1-2H3,(H,25,31)/t19-,21-/m0/s1/i24-2. The summed E-state index contributed by atoms with van der Waals surface area (Å²) in [5.74, 6) is -1.76. The van der Waals surface area contributed by atoms with Crippen LogP contribution in [0.4, 0.5) is 4.79 Å². The Morgan fingerprint density at radius 2 is 1.70 bits per heavy atom. The fourth-order valence-corrected chi connectivity index (χ4v) is 3.35. The van der Waals surface area contributed by atoms with E-state index in [1.54, 1.807) is 0 Å². The van der Waals surface area contributed by atoms with Crippen LogP contribution < -0.4 is 5.32 Å². The number of hydrogen-bond donors (Lipinski definition) is 2. The van der Waals surface area contributed by atoms with Gasteiger partial charge in [-0.05, 0) is 72.9 Å². The molecule has 0 unspecified atom stereocenters. The number of alkyl carbamates (subject to hydrolysis) is 1. The first-order chi connectivity index (χ1) is 15.7. The number of Topliss-reactive ketones (excluding diaryl/α,β-unsaturated/α-hetero) is 3. The predicted molar refractivity (Wildman–Crippen MR) is 128 cm³/mol. The van der Waals surface area contributed by atoms with Crippen molar-refractivity contribution in [3.8, 4) is 0 Å². The van der Waals surface area contributed by atoms with Gasteiger partial charge < -0.3 is 19.9 Å². The molecule has 10 heteroatoms. The molecule has 0 saturated carbocycles. The highest BCUT2D eigenvalue weighted by Crippen LogP contribution is 2.12. The second kappa shape index (κ2) is 15.5. The van der Waals surface area contributed by atoms with Gasteiger partial charge in [0.25, 0.3) is 0 Å². The van der Waals surface area contributed by atoms with E-state index in [4.69, 9.17) is 9.84 Å². The number of aliphatic hydroxyl groups is 1. The van der Waals surface area contributed by atoms with E-state index >= 15 is 0 Å². The number of ketones is 3. The minimum absolute atomic E-state index is 0.00870. The van der Waals surface area contributed by atoms with Crippen molar-refractivity contribution in [2.75, 3.05) is 13.7 Å². The van der Waals surface area contributed by atoms with Gasteiger partial charge in [-0.15, -0.1) is 0 Å². The third-order valence-electron chi connectivity index (χ3n) is 4.93. The molecule has 0 aromatic heterocycles. The number of aliphatic hydroxyl groups excluding tert-OH is 1. The Hall–Kier alpha value is -2.34. The molecule has 0 aliphatic carbocycles. The third-order valence-corrected chi connectivity index (χ3v) is 5.65. The molecular weight excluding hydrogens is 543 g/mol. The maximum absolute atomic E-state index is 12.2. The minimum atomic E-state index is -1.32. The van der Waals surface area contributed by atoms with Crippen LogP contribution in [-0.2, 0) is 35.1 Å². The fraction of sp³-hybridized carbons (Fsp3) is 0.522. The van der Waals surface area contributed by atoms with Gasteiger partial charge in [0.2, 0.25) is 0 Å². The molecule has 0 heterocycles. The van der Waals surface area contributed by atoms with E-state index < -0.39 is 42.4 Å². The van der Waals surface area contributed by atoms with Gasteiger partial charge >= 0.3 is 12.1 Å². The summed E-state index contributed by atoms with van der Waals surface area (Å²) in [5, 5.41) is 11.5. The smallest absolute Gasteiger partial charge is 0.408 e. The zero-order valence-electron chi connectivity index (χ0n) is 18.8. The quantitative estimate of drug-likeness (QED) is 0.242. The van der Waals surface area contributed by atoms with E-state index in [-0.39, 0.29) is 31.5 Å². The molecule has 0 spiro atoms. The average Bonchev–Trinajstić information content (AvgIpc) is 2.79. The lowest BCUT2D eigenvalue weighted by Crippen LogP contribution is -2.43. The lowest BCUT2D eigenvalue weighted by atomic mass is 10.0. The zero-order chi connectivity index (χ0) is 24.8. The highest BCUT2D eigenvalue weighted by Gasteiger charge is 2.26. The van der Waals surface area contributed by atoms with Gasteiger partial charge in [-0.3, -0.25) is 19.2 Å². The van der Waals surface area contributed by atoms with Crippen LogP contribution >= 0.6 is 22.6 Å². The van der Waals surface area contributed by atoms with Crippen LogP contribution in [0.2, 0.25) is 0 Å². The van der Waals surface area contributed by atoms with E-state index in [1.165, 1.54) is 14.0 Å². The van der Waals surface area contributed by atoms with E-state index in [0.29, 0.717) is 12.8 Å². The number of carbonyl (C=O) groups excluding carboxylic acids is 5. The molecule has 1 amide bonds. The molecule has 0 radical (unpaired) electrons. The molecule has 9 nitrogen and oxygen atoms in total. The summed E-state index contributed by atoms with van der Waals surface area (Å²) < 4.78 is 10.7. The van der Waals surface area contributed by atoms with E-state index in [9.17, 15) is 24.0 Å². The van der Waals surface area contributed by atoms with Gasteiger partial charge in [0, 0.05) is 22.8 Å². The van der Waals surface area contributed by atoms with Crippen molar-refractivity contribution in [3.63, 3.8) is 0 Å². The second-order valence-electron chi connectivity index (χ2n) is 7.50. The first-order valence-electron chi connectivity index (χ1n) is 10.6. The molecule has 182 valence electrons. The Balaban J connectivity index is 2.52. The molecule has 0 fully saturated rings. The number of esters is 1. The number of methoxy groups -OCH3 is 1. The average molecular weight is 573 g/mol. The van der Waals surface area contributed by atoms with E-state index in [2.05, 4.69) is 32.6 Å². The molecule has 1 aromatic rings. The molecule has 0 bridgehead atoms. The second-order valence-corrected chi connectivity index (χ2v) is 8.74. The Bertz CT molecular complexity index is 824. The molecule has 33 heavy (non-hydrogen) atoms. The normalized spacial score (nSPS) is 12.4. The van der Waals surface area contributed by atoms with E-state index in [0.717, 1.165) is 15.6 Å². The molecule has 0 saturated heterocycles. The van der Waals surface area contributed by atoms with Crippen LogP contribution in [0.1, 0.15) is 51.0 Å². The largest absolute Gasteiger partial charge is 0.469 e. The van der Waals surface area contributed by atoms with Crippen LogP contribution in [0.3, 0.4) is 0 Å². The van der Waals surface area contributed by atoms with Crippen molar-refractivity contribution in [2.45, 2.75) is 64.0 Å². The molecule has 1 rings (SSSR count). The summed E-state index contributed by atoms with van der Waals surface area (Å²) in [6.07, 6.45) is -0.777. The van der Waals surface area contributed by atoms with Crippen LogP contribution in [0.15, 0.2) is 24.3 Å². The Kier molecular flexibility index (Phi) is 13.5. The van der Waals surface area contributed by atoms with Crippen molar-refractivity contribution >= 4 is 52.0 Å². The van der Waals surface area contributed by atoms with Crippen LogP contribution in [-0.4, -0.2) is 60.4 Å². The Morgan fingerprint density at radius 1 is 1.03 bits per heavy atom. The molecular formula is C23H30INO8. The van der Waals surface area contributed by atoms with Crippen molar-refractivity contribution < 1.29 is 38.6 Å². The Labute approximate surface area is 206 Å². The predicted octanol–water partition coefficient (Wildman–Crippen LogP) is 2.53.